The average molecular weight is 603 g/mol. The van der Waals surface area contributed by atoms with E-state index in [0.717, 1.165) is 0 Å². The highest BCUT2D eigenvalue weighted by Gasteiger charge is 2.17. The Hall–Kier alpha value is -5.58. The summed E-state index contributed by atoms with van der Waals surface area (Å²) in [6.07, 6.45) is 0. The van der Waals surface area contributed by atoms with Gasteiger partial charge in [-0.3, -0.25) is 0 Å². The van der Waals surface area contributed by atoms with Crippen molar-refractivity contribution in [1.82, 2.24) is 9.13 Å². The fourth-order valence-corrected chi connectivity index (χ4v) is 8.70. The molecule has 0 saturated heterocycles. The van der Waals surface area contributed by atoms with Gasteiger partial charge >= 0.3 is 0 Å². The van der Waals surface area contributed by atoms with Gasteiger partial charge in [0.2, 0.25) is 0 Å². The maximum Gasteiger partial charge on any atom is 0.141 e. The van der Waals surface area contributed by atoms with Crippen LogP contribution in [0.4, 0.5) is 0 Å². The Morgan fingerprint density at radius 1 is 0.391 bits per heavy atom. The van der Waals surface area contributed by atoms with Crippen LogP contribution in [0.15, 0.2) is 152 Å². The molecule has 0 atom stereocenters. The summed E-state index contributed by atoms with van der Waals surface area (Å²) < 4.78 is 7.55. The largest absolute Gasteiger partial charge is 0.309 e. The van der Waals surface area contributed by atoms with Crippen LogP contribution >= 0.6 is 11.3 Å². The van der Waals surface area contributed by atoms with Gasteiger partial charge in [0.05, 0.1) is 22.1 Å². The minimum absolute atomic E-state index is 1.18. The Morgan fingerprint density at radius 3 is 1.78 bits per heavy atom. The van der Waals surface area contributed by atoms with E-state index < -0.39 is 0 Å². The minimum atomic E-state index is 1.18. The highest BCUT2D eigenvalue weighted by Crippen LogP contribution is 2.39. The van der Waals surface area contributed by atoms with E-state index in [1.807, 2.05) is 11.3 Å². The molecular formula is C42H27BN2S. The summed E-state index contributed by atoms with van der Waals surface area (Å²) in [5, 5.41) is 7.75. The standard InChI is InChI=1S/C42H27BN2S/c43-36-25-29(24-35-33-14-6-9-17-41(33)46-42(35)36)45-38-16-8-5-13-31(38)34-22-26(19-21-39(34)45)27-18-20-32-30-12-4-7-15-37(30)44(40(32)23-27)28-10-2-1-3-11-28/h1-25H,43H2. The van der Waals surface area contributed by atoms with Crippen LogP contribution in [0.5, 0.6) is 0 Å². The number of hydrogen-bond donors (Lipinski definition) is 0. The van der Waals surface area contributed by atoms with Crippen molar-refractivity contribution in [1.29, 1.82) is 0 Å². The second-order valence-corrected chi connectivity index (χ2v) is 13.3. The third-order valence-corrected chi connectivity index (χ3v) is 10.9. The lowest BCUT2D eigenvalue weighted by Crippen LogP contribution is -2.05. The van der Waals surface area contributed by atoms with E-state index in [0.29, 0.717) is 0 Å². The first-order chi connectivity index (χ1) is 22.7. The highest BCUT2D eigenvalue weighted by atomic mass is 32.1. The minimum Gasteiger partial charge on any atom is -0.309 e. The topological polar surface area (TPSA) is 9.86 Å². The fourth-order valence-electron chi connectivity index (χ4n) is 7.54. The number of para-hydroxylation sites is 3. The second-order valence-electron chi connectivity index (χ2n) is 12.2. The third kappa shape index (κ3) is 3.65. The molecule has 0 aliphatic rings. The fraction of sp³-hybridized carbons (Fsp3) is 0. The number of fused-ring (bicyclic) bond motifs is 9. The molecule has 0 unspecified atom stereocenters. The summed E-state index contributed by atoms with van der Waals surface area (Å²) in [6, 6.07) is 55.7. The first kappa shape index (κ1) is 25.7. The number of nitrogens with zero attached hydrogens (tertiary/aromatic N) is 2. The number of benzene rings is 7. The molecule has 0 amide bonds. The Labute approximate surface area is 270 Å². The average Bonchev–Trinajstić information content (AvgIpc) is 3.76. The number of thiophene rings is 1. The maximum atomic E-state index is 2.45. The number of hydrogen-bond acceptors (Lipinski definition) is 1. The van der Waals surface area contributed by atoms with Crippen LogP contribution in [0.25, 0.3) is 86.3 Å². The molecule has 0 spiro atoms. The zero-order valence-electron chi connectivity index (χ0n) is 25.2. The molecule has 0 N–H and O–H groups in total. The predicted molar refractivity (Wildman–Crippen MR) is 202 cm³/mol. The molecule has 3 heterocycles. The molecule has 2 nitrogen and oxygen atoms in total. The van der Waals surface area contributed by atoms with Gasteiger partial charge in [-0.2, -0.15) is 0 Å². The normalized spacial score (nSPS) is 12.0. The lowest BCUT2D eigenvalue weighted by molar-refractivity contribution is 1.18. The molecule has 0 aliphatic heterocycles. The van der Waals surface area contributed by atoms with Gasteiger partial charge < -0.3 is 9.13 Å². The van der Waals surface area contributed by atoms with Gasteiger partial charge in [0.1, 0.15) is 7.85 Å². The first-order valence-corrected chi connectivity index (χ1v) is 16.6. The van der Waals surface area contributed by atoms with Crippen LogP contribution in [0.2, 0.25) is 0 Å². The quantitative estimate of drug-likeness (QED) is 0.178. The second kappa shape index (κ2) is 9.71. The summed E-state index contributed by atoms with van der Waals surface area (Å²) in [6.45, 7) is 0. The van der Waals surface area contributed by atoms with Crippen molar-refractivity contribution >= 4 is 88.4 Å². The van der Waals surface area contributed by atoms with E-state index in [-0.39, 0.29) is 0 Å². The van der Waals surface area contributed by atoms with E-state index in [1.165, 1.54) is 91.7 Å². The van der Waals surface area contributed by atoms with Crippen molar-refractivity contribution in [2.24, 2.45) is 0 Å². The Morgan fingerprint density at radius 2 is 0.978 bits per heavy atom. The van der Waals surface area contributed by atoms with Gasteiger partial charge in [0, 0.05) is 53.1 Å². The summed E-state index contributed by atoms with van der Waals surface area (Å²) in [4.78, 5) is 0. The van der Waals surface area contributed by atoms with Crippen molar-refractivity contribution in [2.45, 2.75) is 0 Å². The number of aromatic nitrogens is 2. The Balaban J connectivity index is 1.20. The van der Waals surface area contributed by atoms with Gasteiger partial charge in [-0.05, 0) is 71.8 Å². The molecule has 10 rings (SSSR count). The van der Waals surface area contributed by atoms with Crippen molar-refractivity contribution in [3.63, 3.8) is 0 Å². The van der Waals surface area contributed by atoms with Gasteiger partial charge in [-0.15, -0.1) is 11.3 Å². The molecule has 214 valence electrons. The molecular weight excluding hydrogens is 575 g/mol. The van der Waals surface area contributed by atoms with E-state index in [1.54, 1.807) is 0 Å². The van der Waals surface area contributed by atoms with E-state index in [4.69, 9.17) is 0 Å². The zero-order valence-corrected chi connectivity index (χ0v) is 26.1. The molecule has 46 heavy (non-hydrogen) atoms. The van der Waals surface area contributed by atoms with Crippen LogP contribution in [0.3, 0.4) is 0 Å². The van der Waals surface area contributed by atoms with Crippen molar-refractivity contribution < 1.29 is 0 Å². The van der Waals surface area contributed by atoms with Crippen molar-refractivity contribution in [3.05, 3.63) is 152 Å². The smallest absolute Gasteiger partial charge is 0.141 e. The zero-order chi connectivity index (χ0) is 30.4. The molecule has 4 heteroatoms. The third-order valence-electron chi connectivity index (χ3n) is 9.60. The van der Waals surface area contributed by atoms with Gasteiger partial charge in [-0.25, -0.2) is 0 Å². The first-order valence-electron chi connectivity index (χ1n) is 15.8. The summed E-state index contributed by atoms with van der Waals surface area (Å²) in [5.74, 6) is 0. The SMILES string of the molecule is Bc1cc(-n2c3ccccc3c3cc(-c4ccc5c6ccccc6n(-c6ccccc6)c5c4)ccc32)cc2c1sc1ccccc12. The molecule has 7 aromatic carbocycles. The molecule has 0 bridgehead atoms. The lowest BCUT2D eigenvalue weighted by Gasteiger charge is -2.11. The van der Waals surface area contributed by atoms with Crippen molar-refractivity contribution in [3.8, 4) is 22.5 Å². The van der Waals surface area contributed by atoms with Crippen molar-refractivity contribution in [2.75, 3.05) is 0 Å². The Bertz CT molecular complexity index is 2820. The molecule has 0 saturated carbocycles. The van der Waals surface area contributed by atoms with Gasteiger partial charge in [-0.1, -0.05) is 96.5 Å². The van der Waals surface area contributed by atoms with Crippen LogP contribution in [0, 0.1) is 0 Å². The summed E-state index contributed by atoms with van der Waals surface area (Å²) in [7, 11) is 2.25. The molecule has 10 aromatic rings. The van der Waals surface area contributed by atoms with Crippen LogP contribution in [-0.4, -0.2) is 17.0 Å². The lowest BCUT2D eigenvalue weighted by atomic mass is 9.93. The van der Waals surface area contributed by atoms with E-state index in [9.17, 15) is 0 Å². The highest BCUT2D eigenvalue weighted by molar-refractivity contribution is 7.26. The molecule has 3 aromatic heterocycles. The van der Waals surface area contributed by atoms with E-state index >= 15 is 0 Å². The molecule has 0 fully saturated rings. The van der Waals surface area contributed by atoms with Crippen LogP contribution in [-0.2, 0) is 0 Å². The summed E-state index contributed by atoms with van der Waals surface area (Å²) in [5.41, 5.74) is 11.0. The maximum absolute atomic E-state index is 2.45. The van der Waals surface area contributed by atoms with Gasteiger partial charge in [0.25, 0.3) is 0 Å². The Kier molecular flexibility index (Phi) is 5.43. The van der Waals surface area contributed by atoms with Crippen LogP contribution in [0.1, 0.15) is 0 Å². The molecule has 0 radical (unpaired) electrons. The predicted octanol–water partition coefficient (Wildman–Crippen LogP) is 10.2. The van der Waals surface area contributed by atoms with Crippen LogP contribution < -0.4 is 5.46 Å². The molecule has 0 aliphatic carbocycles. The summed E-state index contributed by atoms with van der Waals surface area (Å²) >= 11 is 1.89. The van der Waals surface area contributed by atoms with E-state index in [2.05, 4.69) is 169 Å². The van der Waals surface area contributed by atoms with Gasteiger partial charge in [0.15, 0.2) is 0 Å². The monoisotopic (exact) mass is 602 g/mol. The number of rotatable bonds is 3.